The van der Waals surface area contributed by atoms with Crippen molar-refractivity contribution in [1.82, 2.24) is 0 Å². The molecule has 0 heterocycles. The van der Waals surface area contributed by atoms with E-state index in [1.54, 1.807) is 0 Å². The molecule has 1 radical (unpaired) electrons. The molecule has 0 N–H and O–H groups in total. The summed E-state index contributed by atoms with van der Waals surface area (Å²) in [4.78, 5) is 0. The molecule has 0 saturated heterocycles. The van der Waals surface area contributed by atoms with Gasteiger partial charge in [-0.25, -0.2) is 0 Å². The molecule has 14 heavy (non-hydrogen) atoms. The van der Waals surface area contributed by atoms with E-state index in [0.717, 1.165) is 6.42 Å². The van der Waals surface area contributed by atoms with Gasteiger partial charge in [0.25, 0.3) is 0 Å². The van der Waals surface area contributed by atoms with E-state index in [2.05, 4.69) is 0 Å². The van der Waals surface area contributed by atoms with E-state index in [1.807, 2.05) is 0 Å². The Morgan fingerprint density at radius 3 is 2.43 bits per heavy atom. The summed E-state index contributed by atoms with van der Waals surface area (Å²) in [5, 5.41) is 0.626. The van der Waals surface area contributed by atoms with Crippen molar-refractivity contribution < 1.29 is 13.2 Å². The summed E-state index contributed by atoms with van der Waals surface area (Å²) in [5.41, 5.74) is 0.302. The molecular weight excluding hydrogens is 236 g/mol. The molecule has 0 unspecified atom stereocenters. The summed E-state index contributed by atoms with van der Waals surface area (Å²) in [5.74, 6) is 0. The van der Waals surface area contributed by atoms with Crippen molar-refractivity contribution in [3.63, 3.8) is 0 Å². The van der Waals surface area contributed by atoms with Crippen LogP contribution in [0.5, 0.6) is 0 Å². The van der Waals surface area contributed by atoms with Crippen LogP contribution in [0.2, 0.25) is 10.0 Å². The van der Waals surface area contributed by atoms with Crippen LogP contribution in [-0.4, -0.2) is 6.18 Å². The van der Waals surface area contributed by atoms with Crippen LogP contribution < -0.4 is 0 Å². The fraction of sp³-hybridized carbons (Fsp3) is 0.222. The van der Waals surface area contributed by atoms with E-state index in [9.17, 15) is 13.2 Å². The molecule has 0 aliphatic carbocycles. The first-order valence-corrected chi connectivity index (χ1v) is 4.49. The summed E-state index contributed by atoms with van der Waals surface area (Å²) < 4.78 is 35.6. The summed E-state index contributed by atoms with van der Waals surface area (Å²) in [6.45, 7) is 0. The molecule has 0 saturated carbocycles. The van der Waals surface area contributed by atoms with E-state index in [-0.39, 0.29) is 5.02 Å². The largest absolute Gasteiger partial charge is 0.389 e. The predicted octanol–water partition coefficient (Wildman–Crippen LogP) is 4.50. The molecule has 5 heteroatoms. The van der Waals surface area contributed by atoms with Gasteiger partial charge in [-0.15, -0.1) is 0 Å². The lowest BCUT2D eigenvalue weighted by atomic mass is 10.1. The van der Waals surface area contributed by atoms with Gasteiger partial charge in [0, 0.05) is 16.5 Å². The van der Waals surface area contributed by atoms with Crippen molar-refractivity contribution in [3.05, 3.63) is 40.2 Å². The molecule has 0 spiro atoms. The smallest absolute Gasteiger partial charge is 0.171 e. The third kappa shape index (κ3) is 3.76. The van der Waals surface area contributed by atoms with Gasteiger partial charge in [0.1, 0.15) is 0 Å². The van der Waals surface area contributed by atoms with Crippen molar-refractivity contribution >= 4 is 23.2 Å². The maximum atomic E-state index is 11.9. The Hall–Kier alpha value is -0.410. The van der Waals surface area contributed by atoms with E-state index in [0.29, 0.717) is 10.6 Å². The van der Waals surface area contributed by atoms with Crippen molar-refractivity contribution in [2.45, 2.75) is 12.6 Å². The minimum Gasteiger partial charge on any atom is -0.171 e. The average molecular weight is 242 g/mol. The molecule has 1 rings (SSSR count). The third-order valence-electron chi connectivity index (χ3n) is 1.51. The molecule has 0 nitrogen and oxygen atoms in total. The van der Waals surface area contributed by atoms with Crippen LogP contribution in [-0.2, 0) is 0 Å². The van der Waals surface area contributed by atoms with Crippen LogP contribution in [0.3, 0.4) is 0 Å². The van der Waals surface area contributed by atoms with Gasteiger partial charge in [-0.05, 0) is 23.8 Å². The van der Waals surface area contributed by atoms with Gasteiger partial charge in [-0.1, -0.05) is 23.2 Å². The number of hydrogen-bond donors (Lipinski definition) is 0. The van der Waals surface area contributed by atoms with Crippen molar-refractivity contribution in [1.29, 1.82) is 0 Å². The number of hydrogen-bond acceptors (Lipinski definition) is 0. The molecule has 77 valence electrons. The topological polar surface area (TPSA) is 0 Å². The van der Waals surface area contributed by atoms with Gasteiger partial charge in [0.05, 0.1) is 6.42 Å². The molecule has 1 aromatic rings. The Labute approximate surface area is 89.6 Å². The summed E-state index contributed by atoms with van der Waals surface area (Å²) in [7, 11) is 0. The fourth-order valence-electron chi connectivity index (χ4n) is 0.897. The standard InChI is InChI=1S/C9H6Cl2F3/c10-7-1-2-8(11)6(5-7)3-4-9(12,13)14/h1-3,5H,4H2. The zero-order valence-corrected chi connectivity index (χ0v) is 8.42. The molecule has 0 atom stereocenters. The number of alkyl halides is 3. The van der Waals surface area contributed by atoms with E-state index < -0.39 is 12.6 Å². The average Bonchev–Trinajstić information content (AvgIpc) is 2.05. The highest BCUT2D eigenvalue weighted by atomic mass is 35.5. The zero-order chi connectivity index (χ0) is 10.8. The van der Waals surface area contributed by atoms with Gasteiger partial charge >= 0.3 is 6.18 Å². The highest BCUT2D eigenvalue weighted by Crippen LogP contribution is 2.28. The van der Waals surface area contributed by atoms with Gasteiger partial charge in [-0.3, -0.25) is 0 Å². The highest BCUT2D eigenvalue weighted by molar-refractivity contribution is 6.33. The highest BCUT2D eigenvalue weighted by Gasteiger charge is 2.27. The molecule has 0 aromatic heterocycles. The number of benzene rings is 1. The second kappa shape index (κ2) is 4.41. The van der Waals surface area contributed by atoms with Crippen LogP contribution in [0, 0.1) is 6.42 Å². The Morgan fingerprint density at radius 1 is 1.21 bits per heavy atom. The first-order valence-electron chi connectivity index (χ1n) is 3.73. The first kappa shape index (κ1) is 11.7. The summed E-state index contributed by atoms with van der Waals surface area (Å²) in [6.07, 6.45) is -4.22. The van der Waals surface area contributed by atoms with Gasteiger partial charge in [-0.2, -0.15) is 13.2 Å². The van der Waals surface area contributed by atoms with Gasteiger partial charge < -0.3 is 0 Å². The predicted molar refractivity (Wildman–Crippen MR) is 50.5 cm³/mol. The van der Waals surface area contributed by atoms with Gasteiger partial charge in [0.15, 0.2) is 0 Å². The van der Waals surface area contributed by atoms with E-state index >= 15 is 0 Å². The lowest BCUT2D eigenvalue weighted by molar-refractivity contribution is -0.127. The number of rotatable bonds is 2. The Bertz CT molecular complexity index is 320. The molecule has 0 amide bonds. The zero-order valence-electron chi connectivity index (χ0n) is 6.91. The van der Waals surface area contributed by atoms with Crippen molar-refractivity contribution in [2.75, 3.05) is 0 Å². The second-order valence-electron chi connectivity index (χ2n) is 2.69. The SMILES string of the molecule is FC(F)(F)C[CH]c1cc(Cl)ccc1Cl. The normalized spacial score (nSPS) is 11.8. The quantitative estimate of drug-likeness (QED) is 0.716. The third-order valence-corrected chi connectivity index (χ3v) is 2.09. The van der Waals surface area contributed by atoms with Crippen LogP contribution >= 0.6 is 23.2 Å². The number of halogens is 5. The Balaban J connectivity index is 2.72. The first-order chi connectivity index (χ1) is 6.38. The van der Waals surface area contributed by atoms with Crippen molar-refractivity contribution in [3.8, 4) is 0 Å². The van der Waals surface area contributed by atoms with Gasteiger partial charge in [0.2, 0.25) is 0 Å². The van der Waals surface area contributed by atoms with Crippen LogP contribution in [0.25, 0.3) is 0 Å². The Kier molecular flexibility index (Phi) is 3.67. The van der Waals surface area contributed by atoms with Crippen molar-refractivity contribution in [2.24, 2.45) is 0 Å². The molecule has 0 fully saturated rings. The minimum absolute atomic E-state index is 0.263. The van der Waals surface area contributed by atoms with Crippen LogP contribution in [0.15, 0.2) is 18.2 Å². The second-order valence-corrected chi connectivity index (χ2v) is 3.53. The monoisotopic (exact) mass is 241 g/mol. The van der Waals surface area contributed by atoms with E-state index in [4.69, 9.17) is 23.2 Å². The molecular formula is C9H6Cl2F3. The maximum Gasteiger partial charge on any atom is 0.389 e. The Morgan fingerprint density at radius 2 is 1.86 bits per heavy atom. The summed E-state index contributed by atoms with van der Waals surface area (Å²) in [6, 6.07) is 4.39. The van der Waals surface area contributed by atoms with Crippen LogP contribution in [0.1, 0.15) is 12.0 Å². The fourth-order valence-corrected chi connectivity index (χ4v) is 1.27. The molecule has 1 aromatic carbocycles. The maximum absolute atomic E-state index is 11.9. The minimum atomic E-state index is -4.22. The van der Waals surface area contributed by atoms with Crippen LogP contribution in [0.4, 0.5) is 13.2 Å². The lowest BCUT2D eigenvalue weighted by Crippen LogP contribution is -2.07. The summed E-state index contributed by atoms with van der Waals surface area (Å²) >= 11 is 11.3. The molecule has 0 aliphatic rings. The molecule has 0 aliphatic heterocycles. The lowest BCUT2D eigenvalue weighted by Gasteiger charge is -2.07. The van der Waals surface area contributed by atoms with E-state index in [1.165, 1.54) is 18.2 Å². The molecule has 0 bridgehead atoms.